The molecule has 0 radical (unpaired) electrons. The van der Waals surface area contributed by atoms with E-state index in [-0.39, 0.29) is 36.2 Å². The van der Waals surface area contributed by atoms with E-state index in [9.17, 15) is 19.7 Å². The van der Waals surface area contributed by atoms with Crippen molar-refractivity contribution in [3.63, 3.8) is 0 Å². The number of benzene rings is 2. The van der Waals surface area contributed by atoms with Crippen molar-refractivity contribution in [2.75, 3.05) is 20.3 Å². The average Bonchev–Trinajstić information content (AvgIpc) is 2.81. The van der Waals surface area contributed by atoms with Crippen LogP contribution in [-0.4, -0.2) is 47.9 Å². The molecule has 33 heavy (non-hydrogen) atoms. The Morgan fingerprint density at radius 1 is 1.24 bits per heavy atom. The van der Waals surface area contributed by atoms with Gasteiger partial charge in [-0.1, -0.05) is 43.1 Å². The van der Waals surface area contributed by atoms with Crippen molar-refractivity contribution in [1.82, 2.24) is 10.2 Å². The molecule has 0 heterocycles. The lowest BCUT2D eigenvalue weighted by Crippen LogP contribution is -2.49. The van der Waals surface area contributed by atoms with Crippen LogP contribution in [0.4, 0.5) is 5.69 Å². The zero-order chi connectivity index (χ0) is 24.4. The van der Waals surface area contributed by atoms with Crippen molar-refractivity contribution >= 4 is 29.1 Å². The van der Waals surface area contributed by atoms with Gasteiger partial charge in [0.2, 0.25) is 11.7 Å². The molecule has 0 fully saturated rings. The van der Waals surface area contributed by atoms with Gasteiger partial charge in [-0.2, -0.15) is 0 Å². The van der Waals surface area contributed by atoms with Gasteiger partial charge in [0.15, 0.2) is 6.61 Å². The lowest BCUT2D eigenvalue weighted by Gasteiger charge is -2.29. The van der Waals surface area contributed by atoms with Crippen molar-refractivity contribution in [1.29, 1.82) is 0 Å². The Hall–Kier alpha value is -3.33. The van der Waals surface area contributed by atoms with E-state index in [1.807, 2.05) is 6.92 Å². The summed E-state index contributed by atoms with van der Waals surface area (Å²) in [5, 5.41) is 14.4. The molecule has 9 nitrogen and oxygen atoms in total. The molecule has 0 aliphatic carbocycles. The van der Waals surface area contributed by atoms with Gasteiger partial charge < -0.3 is 19.7 Å². The van der Waals surface area contributed by atoms with E-state index in [4.69, 9.17) is 21.1 Å². The van der Waals surface area contributed by atoms with Crippen molar-refractivity contribution in [3.05, 3.63) is 63.2 Å². The first-order valence-corrected chi connectivity index (χ1v) is 10.9. The molecule has 2 aromatic carbocycles. The number of carbonyl (C=O) groups excluding carboxylic acids is 2. The van der Waals surface area contributed by atoms with Crippen LogP contribution >= 0.6 is 11.6 Å². The van der Waals surface area contributed by atoms with E-state index < -0.39 is 16.9 Å². The van der Waals surface area contributed by atoms with E-state index >= 15 is 0 Å². The highest BCUT2D eigenvalue weighted by Crippen LogP contribution is 2.30. The molecular weight excluding hydrogens is 450 g/mol. The summed E-state index contributed by atoms with van der Waals surface area (Å²) in [5.41, 5.74) is 0.478. The number of nitro benzene ring substituents is 1. The van der Waals surface area contributed by atoms with Crippen LogP contribution in [0.15, 0.2) is 42.5 Å². The molecule has 1 N–H and O–H groups in total. The van der Waals surface area contributed by atoms with Crippen molar-refractivity contribution in [3.8, 4) is 11.5 Å². The van der Waals surface area contributed by atoms with Gasteiger partial charge in [-0.25, -0.2) is 0 Å². The van der Waals surface area contributed by atoms with Crippen molar-refractivity contribution in [2.24, 2.45) is 0 Å². The molecule has 1 atom stereocenters. The minimum Gasteiger partial charge on any atom is -0.490 e. The third kappa shape index (κ3) is 7.35. The van der Waals surface area contributed by atoms with E-state index in [0.29, 0.717) is 17.1 Å². The largest absolute Gasteiger partial charge is 0.490 e. The number of ether oxygens (including phenoxy) is 2. The van der Waals surface area contributed by atoms with Crippen LogP contribution in [0.2, 0.25) is 5.02 Å². The van der Waals surface area contributed by atoms with Gasteiger partial charge in [-0.05, 0) is 31.0 Å². The van der Waals surface area contributed by atoms with Gasteiger partial charge in [-0.3, -0.25) is 19.7 Å². The number of nitrogens with one attached hydrogen (secondary N) is 1. The summed E-state index contributed by atoms with van der Waals surface area (Å²) in [6.07, 6.45) is 1.77. The summed E-state index contributed by atoms with van der Waals surface area (Å²) >= 11 is 6.27. The van der Waals surface area contributed by atoms with Crippen LogP contribution in [0.5, 0.6) is 11.5 Å². The molecule has 2 aromatic rings. The molecule has 0 aliphatic heterocycles. The number of nitrogens with zero attached hydrogens (tertiary/aromatic N) is 2. The second-order valence-corrected chi connectivity index (χ2v) is 7.72. The predicted octanol–water partition coefficient (Wildman–Crippen LogP) is 3.97. The molecule has 10 heteroatoms. The second kappa shape index (κ2) is 12.6. The van der Waals surface area contributed by atoms with Crippen molar-refractivity contribution in [2.45, 2.75) is 39.3 Å². The molecule has 2 amide bonds. The van der Waals surface area contributed by atoms with Crippen LogP contribution < -0.4 is 14.8 Å². The van der Waals surface area contributed by atoms with E-state index in [1.165, 1.54) is 30.2 Å². The maximum absolute atomic E-state index is 13.1. The van der Waals surface area contributed by atoms with Gasteiger partial charge in [-0.15, -0.1) is 0 Å². The number of methoxy groups -OCH3 is 1. The summed E-state index contributed by atoms with van der Waals surface area (Å²) in [4.78, 5) is 37.6. The number of hydrogen-bond acceptors (Lipinski definition) is 6. The van der Waals surface area contributed by atoms with Crippen LogP contribution in [-0.2, 0) is 16.1 Å². The maximum atomic E-state index is 13.1. The van der Waals surface area contributed by atoms with Gasteiger partial charge >= 0.3 is 5.69 Å². The fraction of sp³-hybridized carbons (Fsp3) is 0.391. The lowest BCUT2D eigenvalue weighted by atomic mass is 10.1. The summed E-state index contributed by atoms with van der Waals surface area (Å²) in [5.74, 6) is -0.476. The molecule has 178 valence electrons. The van der Waals surface area contributed by atoms with E-state index in [0.717, 1.165) is 12.8 Å². The van der Waals surface area contributed by atoms with Gasteiger partial charge in [0.25, 0.3) is 5.91 Å². The molecule has 0 aromatic heterocycles. The Morgan fingerprint density at radius 3 is 2.61 bits per heavy atom. The average molecular weight is 478 g/mol. The Bertz CT molecular complexity index is 984. The monoisotopic (exact) mass is 477 g/mol. The number of nitro groups is 1. The Labute approximate surface area is 197 Å². The standard InChI is InChI=1S/C23H28ClN3O6/c1-4-5-12-25-23(29)16(2)26(14-17-8-6-7-9-19(17)24)22(28)15-33-18-10-11-20(27(30)31)21(13-18)32-3/h6-11,13,16H,4-5,12,14-15H2,1-3H3,(H,25,29)/t16-/m0/s1. The first kappa shape index (κ1) is 25.9. The van der Waals surface area contributed by atoms with E-state index in [2.05, 4.69) is 5.32 Å². The summed E-state index contributed by atoms with van der Waals surface area (Å²) in [6, 6.07) is 10.3. The zero-order valence-corrected chi connectivity index (χ0v) is 19.6. The van der Waals surface area contributed by atoms with Crippen LogP contribution in [0.25, 0.3) is 0 Å². The number of unbranched alkanes of at least 4 members (excludes halogenated alkanes) is 1. The Morgan fingerprint density at radius 2 is 1.97 bits per heavy atom. The van der Waals surface area contributed by atoms with Crippen LogP contribution in [0, 0.1) is 10.1 Å². The molecule has 0 saturated heterocycles. The summed E-state index contributed by atoms with van der Waals surface area (Å²) in [7, 11) is 1.31. The Balaban J connectivity index is 2.18. The normalized spacial score (nSPS) is 11.4. The van der Waals surface area contributed by atoms with Gasteiger partial charge in [0.05, 0.1) is 12.0 Å². The smallest absolute Gasteiger partial charge is 0.311 e. The minimum absolute atomic E-state index is 0.0153. The number of amides is 2. The Kier molecular flexibility index (Phi) is 9.93. The number of rotatable bonds is 12. The quantitative estimate of drug-likeness (QED) is 0.281. The fourth-order valence-electron chi connectivity index (χ4n) is 3.06. The second-order valence-electron chi connectivity index (χ2n) is 7.31. The number of hydrogen-bond donors (Lipinski definition) is 1. The molecule has 0 saturated carbocycles. The van der Waals surface area contributed by atoms with E-state index in [1.54, 1.807) is 31.2 Å². The molecule has 2 rings (SSSR count). The minimum atomic E-state index is -0.763. The maximum Gasteiger partial charge on any atom is 0.311 e. The molecule has 0 bridgehead atoms. The lowest BCUT2D eigenvalue weighted by molar-refractivity contribution is -0.385. The third-order valence-corrected chi connectivity index (χ3v) is 5.37. The zero-order valence-electron chi connectivity index (χ0n) is 18.9. The molecule has 0 unspecified atom stereocenters. The highest BCUT2D eigenvalue weighted by molar-refractivity contribution is 6.31. The summed E-state index contributed by atoms with van der Waals surface area (Å²) < 4.78 is 10.6. The highest BCUT2D eigenvalue weighted by atomic mass is 35.5. The van der Waals surface area contributed by atoms with Crippen LogP contribution in [0.1, 0.15) is 32.3 Å². The number of halogens is 1. The van der Waals surface area contributed by atoms with Crippen LogP contribution in [0.3, 0.4) is 0 Å². The topological polar surface area (TPSA) is 111 Å². The molecule has 0 aliphatic rings. The third-order valence-electron chi connectivity index (χ3n) is 5.01. The first-order valence-electron chi connectivity index (χ1n) is 10.5. The fourth-order valence-corrected chi connectivity index (χ4v) is 3.25. The highest BCUT2D eigenvalue weighted by Gasteiger charge is 2.27. The first-order chi connectivity index (χ1) is 15.8. The molecule has 0 spiro atoms. The number of carbonyl (C=O) groups is 2. The van der Waals surface area contributed by atoms with Gasteiger partial charge in [0, 0.05) is 30.2 Å². The SMILES string of the molecule is CCCCNC(=O)[C@H](C)N(Cc1ccccc1Cl)C(=O)COc1ccc([N+](=O)[O-])c(OC)c1. The summed E-state index contributed by atoms with van der Waals surface area (Å²) in [6.45, 7) is 3.93. The predicted molar refractivity (Wildman–Crippen MR) is 125 cm³/mol. The van der Waals surface area contributed by atoms with Gasteiger partial charge in [0.1, 0.15) is 11.8 Å². The molecular formula is C23H28ClN3O6. The van der Waals surface area contributed by atoms with Crippen molar-refractivity contribution < 1.29 is 24.0 Å².